The molecule has 1 saturated heterocycles. The van der Waals surface area contributed by atoms with E-state index in [-0.39, 0.29) is 24.3 Å². The van der Waals surface area contributed by atoms with Crippen molar-refractivity contribution in [3.63, 3.8) is 0 Å². The second-order valence-corrected chi connectivity index (χ2v) is 9.04. The largest absolute Gasteiger partial charge is 0.353 e. The molecule has 2 aliphatic rings. The van der Waals surface area contributed by atoms with Crippen LogP contribution < -0.4 is 10.6 Å². The topological polar surface area (TPSA) is 96.3 Å². The van der Waals surface area contributed by atoms with Gasteiger partial charge in [0.05, 0.1) is 12.2 Å². The Morgan fingerprint density at radius 1 is 0.971 bits per heavy atom. The molecular weight excluding hydrogens is 442 g/mol. The van der Waals surface area contributed by atoms with Crippen molar-refractivity contribution in [3.05, 3.63) is 82.7 Å². The molecule has 8 heteroatoms. The van der Waals surface area contributed by atoms with Gasteiger partial charge in [0.25, 0.3) is 11.8 Å². The van der Waals surface area contributed by atoms with Gasteiger partial charge in [-0.05, 0) is 55.5 Å². The van der Waals surface area contributed by atoms with Gasteiger partial charge in [0, 0.05) is 36.5 Å². The lowest BCUT2D eigenvalue weighted by atomic mass is 10.1. The summed E-state index contributed by atoms with van der Waals surface area (Å²) in [6.07, 6.45) is 5.08. The van der Waals surface area contributed by atoms with Crippen LogP contribution in [0.15, 0.2) is 54.6 Å². The first-order valence-corrected chi connectivity index (χ1v) is 12.2. The van der Waals surface area contributed by atoms with Crippen molar-refractivity contribution in [1.29, 1.82) is 0 Å². The summed E-state index contributed by atoms with van der Waals surface area (Å²) in [5.74, 6) is -0.488. The van der Waals surface area contributed by atoms with E-state index in [4.69, 9.17) is 5.10 Å². The molecule has 5 rings (SSSR count). The van der Waals surface area contributed by atoms with Crippen LogP contribution in [0.2, 0.25) is 0 Å². The summed E-state index contributed by atoms with van der Waals surface area (Å²) in [6, 6.07) is 17.1. The predicted molar refractivity (Wildman–Crippen MR) is 131 cm³/mol. The molecule has 3 aromatic rings. The fourth-order valence-electron chi connectivity index (χ4n) is 4.77. The first-order chi connectivity index (χ1) is 17.1. The van der Waals surface area contributed by atoms with Crippen molar-refractivity contribution in [2.24, 2.45) is 0 Å². The third-order valence-electron chi connectivity index (χ3n) is 6.63. The van der Waals surface area contributed by atoms with E-state index in [1.807, 2.05) is 47.1 Å². The molecule has 0 bridgehead atoms. The molecule has 1 aromatic heterocycles. The van der Waals surface area contributed by atoms with Crippen molar-refractivity contribution in [1.82, 2.24) is 25.3 Å². The second-order valence-electron chi connectivity index (χ2n) is 9.04. The van der Waals surface area contributed by atoms with Gasteiger partial charge in [0.2, 0.25) is 5.91 Å². The van der Waals surface area contributed by atoms with Crippen molar-refractivity contribution in [2.45, 2.75) is 38.6 Å². The van der Waals surface area contributed by atoms with E-state index in [2.05, 4.69) is 10.6 Å². The first kappa shape index (κ1) is 22.8. The van der Waals surface area contributed by atoms with E-state index in [1.54, 1.807) is 17.0 Å². The third kappa shape index (κ3) is 4.96. The Morgan fingerprint density at radius 3 is 2.51 bits per heavy atom. The van der Waals surface area contributed by atoms with E-state index >= 15 is 0 Å². The smallest absolute Gasteiger partial charge is 0.272 e. The molecule has 8 nitrogen and oxygen atoms in total. The van der Waals surface area contributed by atoms with Crippen LogP contribution >= 0.6 is 0 Å². The van der Waals surface area contributed by atoms with Gasteiger partial charge in [0.1, 0.15) is 0 Å². The normalized spacial score (nSPS) is 15.7. The lowest BCUT2D eigenvalue weighted by Gasteiger charge is -2.26. The maximum Gasteiger partial charge on any atom is 0.272 e. The summed E-state index contributed by atoms with van der Waals surface area (Å²) < 4.78 is 1.93. The maximum atomic E-state index is 13.2. The van der Waals surface area contributed by atoms with Gasteiger partial charge in [0.15, 0.2) is 5.69 Å². The van der Waals surface area contributed by atoms with Gasteiger partial charge in [-0.1, -0.05) is 36.8 Å². The standard InChI is InChI=1S/C27H29N5O3/c33-24-18-31(16-15-28-24)27(35)20-13-11-19(12-14-20)17-29-26(34)25-22-9-5-2-6-10-23(22)32(30-25)21-7-3-1-4-8-21/h1,3-4,7-8,11-14H,2,5-6,9-10,15-18H2,(H,28,33)(H,29,34). The Morgan fingerprint density at radius 2 is 1.74 bits per heavy atom. The van der Waals surface area contributed by atoms with Crippen molar-refractivity contribution in [3.8, 4) is 5.69 Å². The Kier molecular flexibility index (Phi) is 6.61. The van der Waals surface area contributed by atoms with Gasteiger partial charge >= 0.3 is 0 Å². The SMILES string of the molecule is O=C1CN(C(=O)c2ccc(CNC(=O)c3nn(-c4ccccc4)c4c3CCCCC4)cc2)CCN1. The number of piperazine rings is 1. The summed E-state index contributed by atoms with van der Waals surface area (Å²) in [5.41, 5.74) is 5.07. The third-order valence-corrected chi connectivity index (χ3v) is 6.63. The Labute approximate surface area is 204 Å². The highest BCUT2D eigenvalue weighted by Crippen LogP contribution is 2.26. The van der Waals surface area contributed by atoms with Gasteiger partial charge in [-0.3, -0.25) is 14.4 Å². The minimum Gasteiger partial charge on any atom is -0.353 e. The molecule has 1 aliphatic carbocycles. The summed E-state index contributed by atoms with van der Waals surface area (Å²) in [6.45, 7) is 1.39. The lowest BCUT2D eigenvalue weighted by molar-refractivity contribution is -0.123. The van der Waals surface area contributed by atoms with Crippen LogP contribution in [-0.4, -0.2) is 52.0 Å². The van der Waals surface area contributed by atoms with E-state index in [0.717, 1.165) is 54.6 Å². The van der Waals surface area contributed by atoms with Crippen molar-refractivity contribution < 1.29 is 14.4 Å². The number of fused-ring (bicyclic) bond motifs is 1. The predicted octanol–water partition coefficient (Wildman–Crippen LogP) is 2.64. The van der Waals surface area contributed by atoms with Crippen molar-refractivity contribution in [2.75, 3.05) is 19.6 Å². The minimum atomic E-state index is -0.183. The number of amides is 3. The molecule has 0 spiro atoms. The van der Waals surface area contributed by atoms with Crippen LogP contribution in [0.25, 0.3) is 5.69 Å². The monoisotopic (exact) mass is 471 g/mol. The fraction of sp³-hybridized carbons (Fsp3) is 0.333. The molecule has 0 unspecified atom stereocenters. The van der Waals surface area contributed by atoms with Crippen LogP contribution in [0.4, 0.5) is 0 Å². The molecule has 1 fully saturated rings. The van der Waals surface area contributed by atoms with E-state index in [0.29, 0.717) is 30.9 Å². The minimum absolute atomic E-state index is 0.0800. The summed E-state index contributed by atoms with van der Waals surface area (Å²) in [5, 5.41) is 10.5. The van der Waals surface area contributed by atoms with Crippen LogP contribution in [0.3, 0.4) is 0 Å². The number of carbonyl (C=O) groups is 3. The zero-order valence-corrected chi connectivity index (χ0v) is 19.6. The summed E-state index contributed by atoms with van der Waals surface area (Å²) >= 11 is 0. The Bertz CT molecular complexity index is 1230. The number of para-hydroxylation sites is 1. The molecule has 0 atom stereocenters. The van der Waals surface area contributed by atoms with Gasteiger partial charge in [-0.25, -0.2) is 4.68 Å². The molecule has 35 heavy (non-hydrogen) atoms. The first-order valence-electron chi connectivity index (χ1n) is 12.2. The molecular formula is C27H29N5O3. The fourth-order valence-corrected chi connectivity index (χ4v) is 4.77. The lowest BCUT2D eigenvalue weighted by Crippen LogP contribution is -2.49. The van der Waals surface area contributed by atoms with Gasteiger partial charge < -0.3 is 15.5 Å². The number of carbonyl (C=O) groups excluding carboxylic acids is 3. The average molecular weight is 472 g/mol. The second kappa shape index (κ2) is 10.1. The molecule has 0 radical (unpaired) electrons. The molecule has 2 N–H and O–H groups in total. The van der Waals surface area contributed by atoms with E-state index < -0.39 is 0 Å². The summed E-state index contributed by atoms with van der Waals surface area (Å²) in [7, 11) is 0. The average Bonchev–Trinajstić information content (AvgIpc) is 3.08. The zero-order valence-electron chi connectivity index (χ0n) is 19.6. The molecule has 3 amide bonds. The van der Waals surface area contributed by atoms with Crippen molar-refractivity contribution >= 4 is 17.7 Å². The quantitative estimate of drug-likeness (QED) is 0.559. The number of hydrogen-bond donors (Lipinski definition) is 2. The molecule has 1 aliphatic heterocycles. The Balaban J connectivity index is 1.28. The van der Waals surface area contributed by atoms with Crippen LogP contribution in [0, 0.1) is 0 Å². The van der Waals surface area contributed by atoms with Gasteiger partial charge in [-0.2, -0.15) is 5.10 Å². The van der Waals surface area contributed by atoms with E-state index in [1.165, 1.54) is 0 Å². The number of benzene rings is 2. The van der Waals surface area contributed by atoms with E-state index in [9.17, 15) is 14.4 Å². The molecule has 2 aromatic carbocycles. The highest BCUT2D eigenvalue weighted by molar-refractivity contribution is 5.97. The molecule has 2 heterocycles. The number of nitrogens with one attached hydrogen (secondary N) is 2. The van der Waals surface area contributed by atoms with Crippen LogP contribution in [0.1, 0.15) is 56.9 Å². The number of rotatable bonds is 5. The number of aromatic nitrogens is 2. The number of hydrogen-bond acceptors (Lipinski definition) is 4. The maximum absolute atomic E-state index is 13.2. The van der Waals surface area contributed by atoms with Crippen LogP contribution in [-0.2, 0) is 24.2 Å². The van der Waals surface area contributed by atoms with Gasteiger partial charge in [-0.15, -0.1) is 0 Å². The zero-order chi connectivity index (χ0) is 24.2. The van der Waals surface area contributed by atoms with Crippen LogP contribution in [0.5, 0.6) is 0 Å². The highest BCUT2D eigenvalue weighted by Gasteiger charge is 2.25. The Hall–Kier alpha value is -3.94. The molecule has 180 valence electrons. The highest BCUT2D eigenvalue weighted by atomic mass is 16.2. The number of nitrogens with zero attached hydrogens (tertiary/aromatic N) is 3. The molecule has 0 saturated carbocycles. The summed E-state index contributed by atoms with van der Waals surface area (Å²) in [4.78, 5) is 38.9.